The van der Waals surface area contributed by atoms with Crippen LogP contribution < -0.4 is 0 Å². The number of nitrogens with zero attached hydrogens (tertiary/aromatic N) is 4. The summed E-state index contributed by atoms with van der Waals surface area (Å²) in [6, 6.07) is 7.33. The SMILES string of the molecule is CN(CC(C)(C)C)C(=O)c1c(-c2ccc(Cl)cc2)cc(C(F)(F)F)n1Cc1nc[nH]n1. The van der Waals surface area contributed by atoms with Gasteiger partial charge in [0, 0.05) is 24.2 Å². The Labute approximate surface area is 183 Å². The van der Waals surface area contributed by atoms with Gasteiger partial charge in [0.05, 0.1) is 6.54 Å². The minimum absolute atomic E-state index is 0.0776. The molecule has 0 unspecified atom stereocenters. The lowest BCUT2D eigenvalue weighted by Gasteiger charge is -2.27. The van der Waals surface area contributed by atoms with Gasteiger partial charge >= 0.3 is 6.18 Å². The number of carbonyl (C=O) groups is 1. The Balaban J connectivity index is 2.23. The van der Waals surface area contributed by atoms with E-state index in [0.29, 0.717) is 17.1 Å². The maximum Gasteiger partial charge on any atom is 0.431 e. The van der Waals surface area contributed by atoms with Gasteiger partial charge in [0.15, 0.2) is 5.82 Å². The molecule has 1 amide bonds. The Morgan fingerprint density at radius 1 is 1.19 bits per heavy atom. The van der Waals surface area contributed by atoms with Crippen molar-refractivity contribution in [3.63, 3.8) is 0 Å². The number of hydrogen-bond donors (Lipinski definition) is 1. The number of halogens is 4. The zero-order valence-electron chi connectivity index (χ0n) is 17.6. The average Bonchev–Trinajstić information content (AvgIpc) is 3.28. The second-order valence-electron chi connectivity index (χ2n) is 8.52. The molecule has 1 N–H and O–H groups in total. The molecule has 0 bridgehead atoms. The van der Waals surface area contributed by atoms with Crippen molar-refractivity contribution in [3.05, 3.63) is 58.9 Å². The van der Waals surface area contributed by atoms with Gasteiger partial charge in [0.25, 0.3) is 5.91 Å². The van der Waals surface area contributed by atoms with Gasteiger partial charge in [0.1, 0.15) is 17.7 Å². The lowest BCUT2D eigenvalue weighted by Crippen LogP contribution is -2.36. The van der Waals surface area contributed by atoms with Crippen LogP contribution in [0.5, 0.6) is 0 Å². The van der Waals surface area contributed by atoms with Crippen molar-refractivity contribution in [1.82, 2.24) is 24.6 Å². The van der Waals surface area contributed by atoms with Crippen molar-refractivity contribution in [2.45, 2.75) is 33.5 Å². The quantitative estimate of drug-likeness (QED) is 0.583. The molecule has 0 atom stereocenters. The molecule has 0 saturated carbocycles. The molecular formula is C21H23ClF3N5O. The van der Waals surface area contributed by atoms with Crippen LogP contribution in [0.2, 0.25) is 5.02 Å². The molecule has 166 valence electrons. The number of hydrogen-bond acceptors (Lipinski definition) is 3. The molecule has 0 aliphatic rings. The number of alkyl halides is 3. The van der Waals surface area contributed by atoms with E-state index in [2.05, 4.69) is 15.2 Å². The van der Waals surface area contributed by atoms with Crippen LogP contribution in [-0.2, 0) is 12.7 Å². The van der Waals surface area contributed by atoms with Crippen LogP contribution in [0.25, 0.3) is 11.1 Å². The summed E-state index contributed by atoms with van der Waals surface area (Å²) in [7, 11) is 1.58. The van der Waals surface area contributed by atoms with Crippen LogP contribution >= 0.6 is 11.6 Å². The highest BCUT2D eigenvalue weighted by Crippen LogP contribution is 2.38. The van der Waals surface area contributed by atoms with Gasteiger partial charge in [-0.2, -0.15) is 18.3 Å². The number of aromatic nitrogens is 4. The van der Waals surface area contributed by atoms with Crippen LogP contribution in [0.1, 0.15) is 42.8 Å². The van der Waals surface area contributed by atoms with Crippen LogP contribution in [0.15, 0.2) is 36.7 Å². The first-order valence-electron chi connectivity index (χ1n) is 9.53. The third-order valence-electron chi connectivity index (χ3n) is 4.57. The van der Waals surface area contributed by atoms with Gasteiger partial charge in [-0.05, 0) is 29.2 Å². The Morgan fingerprint density at radius 2 is 1.84 bits per heavy atom. The second kappa shape index (κ2) is 8.37. The van der Waals surface area contributed by atoms with Gasteiger partial charge < -0.3 is 9.47 Å². The standard InChI is InChI=1S/C21H23ClF3N5O/c1-20(2,3)11-29(4)19(31)18-15(13-5-7-14(22)8-6-13)9-16(21(23,24)25)30(18)10-17-26-12-27-28-17/h5-9,12H,10-11H2,1-4H3,(H,26,27,28). The van der Waals surface area contributed by atoms with Gasteiger partial charge in [-0.25, -0.2) is 4.98 Å². The summed E-state index contributed by atoms with van der Waals surface area (Å²) in [5.41, 5.74) is -0.638. The maximum atomic E-state index is 14.0. The number of nitrogens with one attached hydrogen (secondary N) is 1. The van der Waals surface area contributed by atoms with E-state index in [-0.39, 0.29) is 29.0 Å². The summed E-state index contributed by atoms with van der Waals surface area (Å²) in [6.45, 7) is 5.90. The predicted molar refractivity (Wildman–Crippen MR) is 112 cm³/mol. The number of H-pyrrole nitrogens is 1. The van der Waals surface area contributed by atoms with Crippen molar-refractivity contribution in [1.29, 1.82) is 0 Å². The summed E-state index contributed by atoms with van der Waals surface area (Å²) in [6.07, 6.45) is -3.40. The van der Waals surface area contributed by atoms with E-state index in [1.807, 2.05) is 20.8 Å². The van der Waals surface area contributed by atoms with Crippen LogP contribution in [0, 0.1) is 5.41 Å². The number of carbonyl (C=O) groups excluding carboxylic acids is 1. The maximum absolute atomic E-state index is 14.0. The molecule has 0 saturated heterocycles. The highest BCUT2D eigenvalue weighted by molar-refractivity contribution is 6.30. The lowest BCUT2D eigenvalue weighted by molar-refractivity contribution is -0.143. The van der Waals surface area contributed by atoms with Crippen molar-refractivity contribution < 1.29 is 18.0 Å². The minimum atomic E-state index is -4.68. The molecule has 2 aromatic heterocycles. The van der Waals surface area contributed by atoms with E-state index in [9.17, 15) is 18.0 Å². The highest BCUT2D eigenvalue weighted by Gasteiger charge is 2.39. The average molecular weight is 454 g/mol. The first kappa shape index (κ1) is 22.9. The Morgan fingerprint density at radius 3 is 2.35 bits per heavy atom. The summed E-state index contributed by atoms with van der Waals surface area (Å²) in [4.78, 5) is 18.8. The van der Waals surface area contributed by atoms with Crippen molar-refractivity contribution in [2.75, 3.05) is 13.6 Å². The molecule has 10 heteroatoms. The Bertz CT molecular complexity index is 1050. The van der Waals surface area contributed by atoms with Gasteiger partial charge in [-0.3, -0.25) is 9.89 Å². The molecule has 0 aliphatic heterocycles. The van der Waals surface area contributed by atoms with E-state index < -0.39 is 17.8 Å². The molecule has 0 spiro atoms. The summed E-state index contributed by atoms with van der Waals surface area (Å²) in [5.74, 6) is -0.387. The highest BCUT2D eigenvalue weighted by atomic mass is 35.5. The molecular weight excluding hydrogens is 431 g/mol. The molecule has 3 rings (SSSR count). The number of benzene rings is 1. The summed E-state index contributed by atoms with van der Waals surface area (Å²) in [5, 5.41) is 6.80. The Kier molecular flexibility index (Phi) is 6.18. The molecule has 0 aliphatic carbocycles. The smallest absolute Gasteiger partial charge is 0.340 e. The van der Waals surface area contributed by atoms with Gasteiger partial charge in [-0.15, -0.1) is 0 Å². The number of amides is 1. The third-order valence-corrected chi connectivity index (χ3v) is 4.82. The topological polar surface area (TPSA) is 66.8 Å². The van der Waals surface area contributed by atoms with Crippen molar-refractivity contribution in [2.24, 2.45) is 5.41 Å². The second-order valence-corrected chi connectivity index (χ2v) is 8.96. The zero-order valence-corrected chi connectivity index (χ0v) is 18.3. The van der Waals surface area contributed by atoms with Crippen molar-refractivity contribution in [3.8, 4) is 11.1 Å². The van der Waals surface area contributed by atoms with Crippen LogP contribution in [0.4, 0.5) is 13.2 Å². The van der Waals surface area contributed by atoms with E-state index in [1.54, 1.807) is 31.3 Å². The first-order chi connectivity index (χ1) is 14.4. The molecule has 0 fully saturated rings. The minimum Gasteiger partial charge on any atom is -0.340 e. The van der Waals surface area contributed by atoms with E-state index >= 15 is 0 Å². The normalized spacial score (nSPS) is 12.3. The lowest BCUT2D eigenvalue weighted by atomic mass is 9.96. The predicted octanol–water partition coefficient (Wildman–Crippen LogP) is 5.11. The van der Waals surface area contributed by atoms with E-state index in [4.69, 9.17) is 11.6 Å². The largest absolute Gasteiger partial charge is 0.431 e. The van der Waals surface area contributed by atoms with Gasteiger partial charge in [-0.1, -0.05) is 44.5 Å². The van der Waals surface area contributed by atoms with Crippen molar-refractivity contribution >= 4 is 17.5 Å². The number of aromatic amines is 1. The number of rotatable bonds is 5. The van der Waals surface area contributed by atoms with E-state index in [0.717, 1.165) is 10.6 Å². The monoisotopic (exact) mass is 453 g/mol. The molecule has 31 heavy (non-hydrogen) atoms. The molecule has 0 radical (unpaired) electrons. The molecule has 2 heterocycles. The fourth-order valence-electron chi connectivity index (χ4n) is 3.45. The summed E-state index contributed by atoms with van der Waals surface area (Å²) < 4.78 is 42.9. The molecule has 6 nitrogen and oxygen atoms in total. The van der Waals surface area contributed by atoms with Crippen LogP contribution in [0.3, 0.4) is 0 Å². The van der Waals surface area contributed by atoms with E-state index in [1.165, 1.54) is 11.2 Å². The fourth-order valence-corrected chi connectivity index (χ4v) is 3.57. The third kappa shape index (κ3) is 5.28. The first-order valence-corrected chi connectivity index (χ1v) is 9.91. The van der Waals surface area contributed by atoms with Gasteiger partial charge in [0.2, 0.25) is 0 Å². The molecule has 3 aromatic rings. The molecule has 1 aromatic carbocycles. The fraction of sp³-hybridized carbons (Fsp3) is 0.381. The van der Waals surface area contributed by atoms with Crippen LogP contribution in [-0.4, -0.2) is 44.1 Å². The summed E-state index contributed by atoms with van der Waals surface area (Å²) >= 11 is 5.95. The zero-order chi connectivity index (χ0) is 23.0. The Hall–Kier alpha value is -2.81.